The molecule has 2 rings (SSSR count). The second-order valence-corrected chi connectivity index (χ2v) is 3.56. The molecule has 0 saturated carbocycles. The molecule has 0 saturated heterocycles. The van der Waals surface area contributed by atoms with Crippen LogP contribution in [0.5, 0.6) is 0 Å². The molecular weight excluding hydrogens is 174 g/mol. The minimum atomic E-state index is 1.02. The molecule has 3 nitrogen and oxygen atoms in total. The Morgan fingerprint density at radius 1 is 1.14 bits per heavy atom. The normalized spacial score (nSPS) is 10.5. The molecule has 3 heteroatoms. The third-order valence-electron chi connectivity index (χ3n) is 2.27. The van der Waals surface area contributed by atoms with Gasteiger partial charge in [0, 0.05) is 12.4 Å². The van der Waals surface area contributed by atoms with Gasteiger partial charge in [-0.3, -0.25) is 4.98 Å². The van der Waals surface area contributed by atoms with Crippen LogP contribution in [0.3, 0.4) is 0 Å². The minimum absolute atomic E-state index is 1.02. The predicted octanol–water partition coefficient (Wildman–Crippen LogP) is 2.19. The largest absolute Gasteiger partial charge is 0.262 e. The van der Waals surface area contributed by atoms with Crippen molar-refractivity contribution in [1.82, 2.24) is 14.8 Å². The molecule has 14 heavy (non-hydrogen) atoms. The number of aryl methyl sites for hydroxylation is 3. The Balaban J connectivity index is 2.49. The molecule has 0 bridgehead atoms. The average Bonchev–Trinajstić information content (AvgIpc) is 2.47. The molecule has 0 aliphatic carbocycles. The van der Waals surface area contributed by atoms with Gasteiger partial charge in [-0.25, -0.2) is 4.68 Å². The van der Waals surface area contributed by atoms with Gasteiger partial charge in [-0.15, -0.1) is 0 Å². The molecule has 0 aliphatic rings. The fourth-order valence-electron chi connectivity index (χ4n) is 1.34. The van der Waals surface area contributed by atoms with E-state index in [1.807, 2.05) is 37.1 Å². The summed E-state index contributed by atoms with van der Waals surface area (Å²) in [5.41, 5.74) is 4.42. The zero-order valence-electron chi connectivity index (χ0n) is 8.65. The van der Waals surface area contributed by atoms with Crippen molar-refractivity contribution in [2.75, 3.05) is 0 Å². The van der Waals surface area contributed by atoms with Gasteiger partial charge in [-0.2, -0.15) is 5.10 Å². The van der Waals surface area contributed by atoms with Crippen LogP contribution >= 0.6 is 0 Å². The van der Waals surface area contributed by atoms with E-state index in [9.17, 15) is 0 Å². The number of rotatable bonds is 1. The molecule has 2 aromatic rings. The Morgan fingerprint density at radius 3 is 2.50 bits per heavy atom. The number of aromatic nitrogens is 3. The highest BCUT2D eigenvalue weighted by Crippen LogP contribution is 2.10. The first-order chi connectivity index (χ1) is 6.66. The van der Waals surface area contributed by atoms with E-state index in [4.69, 9.17) is 0 Å². The molecule has 2 aromatic heterocycles. The molecule has 0 unspecified atom stereocenters. The number of nitrogens with zero attached hydrogens (tertiary/aromatic N) is 3. The van der Waals surface area contributed by atoms with E-state index in [0.29, 0.717) is 0 Å². The summed E-state index contributed by atoms with van der Waals surface area (Å²) in [7, 11) is 0. The molecule has 2 heterocycles. The monoisotopic (exact) mass is 187 g/mol. The highest BCUT2D eigenvalue weighted by molar-refractivity contribution is 5.32. The van der Waals surface area contributed by atoms with E-state index in [0.717, 1.165) is 16.9 Å². The second kappa shape index (κ2) is 3.25. The Morgan fingerprint density at radius 2 is 1.93 bits per heavy atom. The molecular formula is C11H13N3. The summed E-state index contributed by atoms with van der Waals surface area (Å²) in [6.45, 7) is 6.09. The Labute approximate surface area is 83.4 Å². The van der Waals surface area contributed by atoms with Gasteiger partial charge in [0.25, 0.3) is 0 Å². The third kappa shape index (κ3) is 1.53. The summed E-state index contributed by atoms with van der Waals surface area (Å²) < 4.78 is 1.87. The van der Waals surface area contributed by atoms with Crippen LogP contribution in [-0.4, -0.2) is 14.8 Å². The molecule has 0 spiro atoms. The van der Waals surface area contributed by atoms with Gasteiger partial charge in [0.1, 0.15) is 0 Å². The summed E-state index contributed by atoms with van der Waals surface area (Å²) in [5.74, 6) is 0. The fourth-order valence-corrected chi connectivity index (χ4v) is 1.34. The molecule has 0 aliphatic heterocycles. The van der Waals surface area contributed by atoms with Crippen molar-refractivity contribution in [3.63, 3.8) is 0 Å². The standard InChI is InChI=1S/C11H13N3/c1-8-4-11(6-12-5-8)14-7-9(2)10(3)13-14/h4-7H,1-3H3. The van der Waals surface area contributed by atoms with Crippen LogP contribution in [0.15, 0.2) is 24.7 Å². The zero-order chi connectivity index (χ0) is 10.1. The van der Waals surface area contributed by atoms with Crippen LogP contribution in [-0.2, 0) is 0 Å². The van der Waals surface area contributed by atoms with Gasteiger partial charge in [0.2, 0.25) is 0 Å². The first kappa shape index (κ1) is 8.94. The Hall–Kier alpha value is -1.64. The minimum Gasteiger partial charge on any atom is -0.262 e. The molecule has 0 radical (unpaired) electrons. The SMILES string of the molecule is Cc1cncc(-n2cc(C)c(C)n2)c1. The summed E-state index contributed by atoms with van der Waals surface area (Å²) in [6.07, 6.45) is 5.68. The van der Waals surface area contributed by atoms with E-state index in [1.165, 1.54) is 5.56 Å². The van der Waals surface area contributed by atoms with Crippen molar-refractivity contribution in [3.8, 4) is 5.69 Å². The van der Waals surface area contributed by atoms with E-state index < -0.39 is 0 Å². The smallest absolute Gasteiger partial charge is 0.0831 e. The van der Waals surface area contributed by atoms with E-state index in [-0.39, 0.29) is 0 Å². The van der Waals surface area contributed by atoms with Crippen molar-refractivity contribution < 1.29 is 0 Å². The lowest BCUT2D eigenvalue weighted by Gasteiger charge is -2.00. The van der Waals surface area contributed by atoms with Crippen molar-refractivity contribution in [2.24, 2.45) is 0 Å². The number of hydrogen-bond acceptors (Lipinski definition) is 2. The highest BCUT2D eigenvalue weighted by atomic mass is 15.3. The van der Waals surface area contributed by atoms with Gasteiger partial charge in [-0.05, 0) is 38.0 Å². The maximum absolute atomic E-state index is 4.40. The highest BCUT2D eigenvalue weighted by Gasteiger charge is 2.02. The molecule has 0 amide bonds. The Kier molecular flexibility index (Phi) is 2.08. The fraction of sp³-hybridized carbons (Fsp3) is 0.273. The van der Waals surface area contributed by atoms with Crippen molar-refractivity contribution in [1.29, 1.82) is 0 Å². The summed E-state index contributed by atoms with van der Waals surface area (Å²) >= 11 is 0. The average molecular weight is 187 g/mol. The van der Waals surface area contributed by atoms with Crippen molar-refractivity contribution in [3.05, 3.63) is 41.5 Å². The topological polar surface area (TPSA) is 30.7 Å². The summed E-state index contributed by atoms with van der Waals surface area (Å²) in [4.78, 5) is 4.14. The van der Waals surface area contributed by atoms with Crippen LogP contribution in [0.2, 0.25) is 0 Å². The maximum atomic E-state index is 4.40. The van der Waals surface area contributed by atoms with Crippen LogP contribution in [0.4, 0.5) is 0 Å². The molecule has 72 valence electrons. The van der Waals surface area contributed by atoms with Crippen LogP contribution in [0.25, 0.3) is 5.69 Å². The number of hydrogen-bond donors (Lipinski definition) is 0. The lowest BCUT2D eigenvalue weighted by Crippen LogP contribution is -1.96. The van der Waals surface area contributed by atoms with Crippen LogP contribution in [0, 0.1) is 20.8 Å². The first-order valence-corrected chi connectivity index (χ1v) is 4.62. The molecule has 0 fully saturated rings. The second-order valence-electron chi connectivity index (χ2n) is 3.56. The first-order valence-electron chi connectivity index (χ1n) is 4.62. The van der Waals surface area contributed by atoms with E-state index in [1.54, 1.807) is 0 Å². The number of pyridine rings is 1. The van der Waals surface area contributed by atoms with Crippen molar-refractivity contribution in [2.45, 2.75) is 20.8 Å². The van der Waals surface area contributed by atoms with Crippen LogP contribution < -0.4 is 0 Å². The quantitative estimate of drug-likeness (QED) is 0.685. The molecule has 0 N–H and O–H groups in total. The lowest BCUT2D eigenvalue weighted by atomic mass is 10.3. The van der Waals surface area contributed by atoms with Gasteiger partial charge in [0.15, 0.2) is 0 Å². The van der Waals surface area contributed by atoms with Gasteiger partial charge >= 0.3 is 0 Å². The van der Waals surface area contributed by atoms with Crippen molar-refractivity contribution >= 4 is 0 Å². The van der Waals surface area contributed by atoms with Gasteiger partial charge in [0.05, 0.1) is 17.6 Å². The zero-order valence-corrected chi connectivity index (χ0v) is 8.65. The third-order valence-corrected chi connectivity index (χ3v) is 2.27. The molecule has 0 atom stereocenters. The maximum Gasteiger partial charge on any atom is 0.0831 e. The van der Waals surface area contributed by atoms with Gasteiger partial charge < -0.3 is 0 Å². The summed E-state index contributed by atoms with van der Waals surface area (Å²) in [6, 6.07) is 2.07. The lowest BCUT2D eigenvalue weighted by molar-refractivity contribution is 0.855. The Bertz CT molecular complexity index is 438. The van der Waals surface area contributed by atoms with Crippen LogP contribution in [0.1, 0.15) is 16.8 Å². The van der Waals surface area contributed by atoms with E-state index in [2.05, 4.69) is 23.1 Å². The van der Waals surface area contributed by atoms with E-state index >= 15 is 0 Å². The predicted molar refractivity (Wildman–Crippen MR) is 55.6 cm³/mol. The summed E-state index contributed by atoms with van der Waals surface area (Å²) in [5, 5.41) is 4.40. The molecule has 0 aromatic carbocycles. The van der Waals surface area contributed by atoms with Gasteiger partial charge in [-0.1, -0.05) is 0 Å².